The molecule has 1 aliphatic heterocycles. The van der Waals surface area contributed by atoms with Gasteiger partial charge in [-0.15, -0.1) is 4.73 Å². The maximum absolute atomic E-state index is 12.9. The van der Waals surface area contributed by atoms with Gasteiger partial charge in [0.2, 0.25) is 0 Å². The van der Waals surface area contributed by atoms with Crippen LogP contribution in [0.3, 0.4) is 0 Å². The second-order valence-electron chi connectivity index (χ2n) is 7.76. The third-order valence-corrected chi connectivity index (χ3v) is 5.60. The minimum absolute atomic E-state index is 0.0281. The van der Waals surface area contributed by atoms with Gasteiger partial charge in [0.05, 0.1) is 5.39 Å². The second-order valence-corrected chi connectivity index (χ2v) is 7.76. The fourth-order valence-corrected chi connectivity index (χ4v) is 3.94. The first-order valence-corrected chi connectivity index (χ1v) is 10.6. The average molecular weight is 442 g/mol. The van der Waals surface area contributed by atoms with Crippen LogP contribution in [0.1, 0.15) is 10.4 Å². The zero-order valence-electron chi connectivity index (χ0n) is 17.7. The van der Waals surface area contributed by atoms with Gasteiger partial charge in [0.25, 0.3) is 5.91 Å². The van der Waals surface area contributed by atoms with Crippen LogP contribution in [-0.4, -0.2) is 56.9 Å². The molecule has 1 fully saturated rings. The summed E-state index contributed by atoms with van der Waals surface area (Å²) in [5.41, 5.74) is 2.48. The number of hydrogen-bond acceptors (Lipinski definition) is 7. The molecule has 0 saturated carbocycles. The maximum atomic E-state index is 12.9. The first-order chi connectivity index (χ1) is 16.1. The lowest BCUT2D eigenvalue weighted by atomic mass is 10.0. The van der Waals surface area contributed by atoms with E-state index < -0.39 is 5.69 Å². The number of rotatable bonds is 4. The van der Waals surface area contributed by atoms with E-state index in [1.807, 2.05) is 53.4 Å². The number of fused-ring (bicyclic) bond motifs is 1. The van der Waals surface area contributed by atoms with Gasteiger partial charge in [0, 0.05) is 43.6 Å². The highest BCUT2D eigenvalue weighted by atomic mass is 16.5. The Labute approximate surface area is 189 Å². The molecule has 9 heteroatoms. The molecule has 0 unspecified atom stereocenters. The molecule has 4 aromatic rings. The Balaban J connectivity index is 1.45. The Bertz CT molecular complexity index is 1390. The van der Waals surface area contributed by atoms with Gasteiger partial charge in [-0.1, -0.05) is 24.3 Å². The quantitative estimate of drug-likeness (QED) is 0.416. The molecular formula is C24H22N6O3. The van der Waals surface area contributed by atoms with Crippen LogP contribution in [0, 0.1) is 0 Å². The molecule has 5 rings (SSSR count). The smallest absolute Gasteiger partial charge is 0.384 e. The van der Waals surface area contributed by atoms with Crippen LogP contribution in [0.4, 0.5) is 11.5 Å². The lowest BCUT2D eigenvalue weighted by Crippen LogP contribution is -2.46. The van der Waals surface area contributed by atoms with E-state index in [9.17, 15) is 14.8 Å². The van der Waals surface area contributed by atoms with Gasteiger partial charge in [-0.25, -0.2) is 9.78 Å². The Kier molecular flexibility index (Phi) is 5.45. The average Bonchev–Trinajstić information content (AvgIpc) is 2.87. The van der Waals surface area contributed by atoms with Crippen LogP contribution in [0.25, 0.3) is 22.2 Å². The summed E-state index contributed by atoms with van der Waals surface area (Å²) in [6, 6.07) is 18.6. The summed E-state index contributed by atoms with van der Waals surface area (Å²) in [4.78, 5) is 34.8. The number of pyridine rings is 1. The van der Waals surface area contributed by atoms with Crippen molar-refractivity contribution in [2.75, 3.05) is 31.5 Å². The number of anilines is 2. The normalized spacial score (nSPS) is 13.8. The molecule has 0 radical (unpaired) electrons. The number of benzene rings is 2. The van der Waals surface area contributed by atoms with Crippen LogP contribution in [0.15, 0.2) is 71.7 Å². The second kappa shape index (κ2) is 8.71. The predicted octanol–water partition coefficient (Wildman–Crippen LogP) is 2.48. The van der Waals surface area contributed by atoms with Crippen molar-refractivity contribution in [2.24, 2.45) is 0 Å². The van der Waals surface area contributed by atoms with Crippen molar-refractivity contribution in [3.63, 3.8) is 0 Å². The van der Waals surface area contributed by atoms with Gasteiger partial charge < -0.3 is 20.7 Å². The largest absolute Gasteiger partial charge is 0.422 e. The highest BCUT2D eigenvalue weighted by Gasteiger charge is 2.18. The van der Waals surface area contributed by atoms with Gasteiger partial charge in [-0.3, -0.25) is 4.79 Å². The molecule has 2 aromatic carbocycles. The van der Waals surface area contributed by atoms with Crippen molar-refractivity contribution in [3.8, 4) is 11.1 Å². The van der Waals surface area contributed by atoms with E-state index >= 15 is 0 Å². The number of carbonyl (C=O) groups is 1. The molecule has 33 heavy (non-hydrogen) atoms. The number of nitrogens with one attached hydrogen (secondary N) is 2. The molecule has 0 aliphatic carbocycles. The molecule has 3 N–H and O–H groups in total. The minimum atomic E-state index is -0.820. The summed E-state index contributed by atoms with van der Waals surface area (Å²) >= 11 is 0. The number of aromatic nitrogens is 3. The fourth-order valence-electron chi connectivity index (χ4n) is 3.94. The number of nitrogens with zero attached hydrogens (tertiary/aromatic N) is 4. The number of hydrogen-bond donors (Lipinski definition) is 3. The van der Waals surface area contributed by atoms with Crippen LogP contribution >= 0.6 is 0 Å². The number of amides is 1. The van der Waals surface area contributed by atoms with Gasteiger partial charge >= 0.3 is 5.69 Å². The molecule has 1 saturated heterocycles. The molecular weight excluding hydrogens is 420 g/mol. The third kappa shape index (κ3) is 4.13. The SMILES string of the molecule is O=C(c1cccc(-c2cccc(Nc3nc(=O)n(O)c4ncccc34)c2)c1)N1CCNCC1. The highest BCUT2D eigenvalue weighted by molar-refractivity contribution is 5.95. The first kappa shape index (κ1) is 20.7. The van der Waals surface area contributed by atoms with Gasteiger partial charge in [-0.05, 0) is 47.5 Å². The minimum Gasteiger partial charge on any atom is -0.422 e. The van der Waals surface area contributed by atoms with E-state index in [0.717, 1.165) is 24.2 Å². The van der Waals surface area contributed by atoms with Crippen LogP contribution in [0.2, 0.25) is 0 Å². The van der Waals surface area contributed by atoms with Crippen molar-refractivity contribution >= 4 is 28.4 Å². The monoisotopic (exact) mass is 442 g/mol. The molecule has 3 heterocycles. The number of piperazine rings is 1. The van der Waals surface area contributed by atoms with E-state index in [4.69, 9.17) is 0 Å². The zero-order valence-corrected chi connectivity index (χ0v) is 17.7. The molecule has 0 bridgehead atoms. The van der Waals surface area contributed by atoms with Crippen molar-refractivity contribution in [1.29, 1.82) is 0 Å². The van der Waals surface area contributed by atoms with Gasteiger partial charge in [0.1, 0.15) is 5.82 Å². The summed E-state index contributed by atoms with van der Waals surface area (Å²) < 4.78 is 0.428. The maximum Gasteiger partial charge on any atom is 0.384 e. The Morgan fingerprint density at radius 3 is 2.58 bits per heavy atom. The molecule has 2 aromatic heterocycles. The summed E-state index contributed by atoms with van der Waals surface area (Å²) in [6.07, 6.45) is 1.49. The summed E-state index contributed by atoms with van der Waals surface area (Å²) in [7, 11) is 0. The topological polar surface area (TPSA) is 112 Å². The molecule has 9 nitrogen and oxygen atoms in total. The molecule has 0 spiro atoms. The number of carbonyl (C=O) groups excluding carboxylic acids is 1. The highest BCUT2D eigenvalue weighted by Crippen LogP contribution is 2.27. The van der Waals surface area contributed by atoms with Crippen molar-refractivity contribution in [3.05, 3.63) is 82.9 Å². The molecule has 1 aliphatic rings. The standard InChI is InChI=1S/C24H22N6O3/c31-23(29-12-10-25-11-13-29)18-6-1-4-16(14-18)17-5-2-7-19(15-17)27-21-20-8-3-9-26-22(20)30(33)24(32)28-21/h1-9,14-15,25,33H,10-13H2,(H,27,28,32). The lowest BCUT2D eigenvalue weighted by molar-refractivity contribution is 0.0736. The molecule has 1 amide bonds. The van der Waals surface area contributed by atoms with E-state index in [1.54, 1.807) is 12.1 Å². The zero-order chi connectivity index (χ0) is 22.8. The van der Waals surface area contributed by atoms with Crippen molar-refractivity contribution in [1.82, 2.24) is 24.9 Å². The van der Waals surface area contributed by atoms with E-state index in [-0.39, 0.29) is 11.6 Å². The van der Waals surface area contributed by atoms with Crippen molar-refractivity contribution in [2.45, 2.75) is 0 Å². The summed E-state index contributed by atoms with van der Waals surface area (Å²) in [5.74, 6) is 0.327. The van der Waals surface area contributed by atoms with Crippen LogP contribution < -0.4 is 16.3 Å². The molecule has 166 valence electrons. The first-order valence-electron chi connectivity index (χ1n) is 10.6. The Morgan fingerprint density at radius 2 is 1.76 bits per heavy atom. The van der Waals surface area contributed by atoms with E-state index in [0.29, 0.717) is 40.3 Å². The Hall–Kier alpha value is -4.24. The predicted molar refractivity (Wildman–Crippen MR) is 125 cm³/mol. The van der Waals surface area contributed by atoms with E-state index in [2.05, 4.69) is 20.6 Å². The fraction of sp³-hybridized carbons (Fsp3) is 0.167. The van der Waals surface area contributed by atoms with E-state index in [1.165, 1.54) is 6.20 Å². The summed E-state index contributed by atoms with van der Waals surface area (Å²) in [6.45, 7) is 3.01. The third-order valence-electron chi connectivity index (χ3n) is 5.60. The Morgan fingerprint density at radius 1 is 1.00 bits per heavy atom. The van der Waals surface area contributed by atoms with Gasteiger partial charge in [0.15, 0.2) is 5.65 Å². The summed E-state index contributed by atoms with van der Waals surface area (Å²) in [5, 5.41) is 16.8. The lowest BCUT2D eigenvalue weighted by Gasteiger charge is -2.27. The van der Waals surface area contributed by atoms with Crippen LogP contribution in [0.5, 0.6) is 0 Å². The molecule has 0 atom stereocenters. The van der Waals surface area contributed by atoms with Gasteiger partial charge in [-0.2, -0.15) is 4.98 Å². The van der Waals surface area contributed by atoms with Crippen molar-refractivity contribution < 1.29 is 10.0 Å². The van der Waals surface area contributed by atoms with Crippen LogP contribution in [-0.2, 0) is 0 Å².